The molecule has 0 fully saturated rings. The maximum absolute atomic E-state index is 13.6. The number of carbonyl (C=O) groups excluding carboxylic acids is 1. The second-order valence-electron chi connectivity index (χ2n) is 8.99. The standard InChI is InChI=1S/C25H26FN3O5/c1-4-25(32)18-11-20-21-16(10-15-9-14(12-28(2)3)5-6-19(15)27-21)23(33-8-7-26)29(20)22(30)17(18)13-34-24(25)31/h5-6,9-11,23,32H,4,7-8,12-13H2,1-3H3/t23-,25-/m0/s1. The fraction of sp³-hybridized carbons (Fsp3) is 0.400. The van der Waals surface area contributed by atoms with Crippen molar-refractivity contribution in [2.45, 2.75) is 38.3 Å². The second-order valence-corrected chi connectivity index (χ2v) is 8.99. The Kier molecular flexibility index (Phi) is 5.50. The van der Waals surface area contributed by atoms with Crippen LogP contribution in [0.3, 0.4) is 0 Å². The topological polar surface area (TPSA) is 93.9 Å². The monoisotopic (exact) mass is 467 g/mol. The maximum atomic E-state index is 13.6. The third kappa shape index (κ3) is 3.34. The van der Waals surface area contributed by atoms with Crippen LogP contribution < -0.4 is 5.56 Å². The predicted molar refractivity (Wildman–Crippen MR) is 123 cm³/mol. The summed E-state index contributed by atoms with van der Waals surface area (Å²) in [6, 6.07) is 9.49. The fourth-order valence-corrected chi connectivity index (χ4v) is 4.85. The van der Waals surface area contributed by atoms with Gasteiger partial charge in [-0.2, -0.15) is 0 Å². The van der Waals surface area contributed by atoms with Gasteiger partial charge >= 0.3 is 5.97 Å². The summed E-state index contributed by atoms with van der Waals surface area (Å²) in [6.07, 6.45) is -0.823. The molecule has 0 bridgehead atoms. The minimum Gasteiger partial charge on any atom is -0.458 e. The van der Waals surface area contributed by atoms with E-state index in [9.17, 15) is 19.1 Å². The summed E-state index contributed by atoms with van der Waals surface area (Å²) in [5, 5.41) is 11.9. The smallest absolute Gasteiger partial charge is 0.343 e. The number of fused-ring (bicyclic) bond motifs is 5. The Labute approximate surface area is 195 Å². The molecule has 9 heteroatoms. The number of hydrogen-bond donors (Lipinski definition) is 1. The molecule has 0 saturated carbocycles. The second kappa shape index (κ2) is 8.26. The number of halogens is 1. The first-order valence-corrected chi connectivity index (χ1v) is 11.2. The lowest BCUT2D eigenvalue weighted by Gasteiger charge is -2.32. The number of aromatic nitrogens is 2. The molecule has 1 aromatic carbocycles. The molecular formula is C25H26FN3O5. The van der Waals surface area contributed by atoms with Crippen molar-refractivity contribution in [2.24, 2.45) is 0 Å². The molecule has 178 valence electrons. The highest BCUT2D eigenvalue weighted by Gasteiger charge is 2.46. The molecule has 2 atom stereocenters. The van der Waals surface area contributed by atoms with Crippen molar-refractivity contribution in [1.29, 1.82) is 0 Å². The van der Waals surface area contributed by atoms with Crippen LogP contribution in [-0.2, 0) is 33.0 Å². The molecule has 0 amide bonds. The van der Waals surface area contributed by atoms with Gasteiger partial charge in [0.1, 0.15) is 13.3 Å². The van der Waals surface area contributed by atoms with Crippen molar-refractivity contribution in [3.05, 3.63) is 62.9 Å². The Balaban J connectivity index is 1.75. The van der Waals surface area contributed by atoms with Gasteiger partial charge in [-0.3, -0.25) is 9.36 Å². The van der Waals surface area contributed by atoms with Crippen LogP contribution in [0.1, 0.15) is 41.8 Å². The van der Waals surface area contributed by atoms with E-state index in [0.717, 1.165) is 23.0 Å². The number of carbonyl (C=O) groups is 1. The number of alkyl halides is 1. The van der Waals surface area contributed by atoms with Crippen LogP contribution in [0.25, 0.3) is 22.3 Å². The van der Waals surface area contributed by atoms with Gasteiger partial charge in [-0.25, -0.2) is 14.2 Å². The number of pyridine rings is 2. The Bertz CT molecular complexity index is 1370. The minimum atomic E-state index is -1.92. The molecule has 0 saturated heterocycles. The van der Waals surface area contributed by atoms with Gasteiger partial charge in [-0.05, 0) is 50.3 Å². The molecule has 2 aromatic heterocycles. The molecule has 34 heavy (non-hydrogen) atoms. The van der Waals surface area contributed by atoms with Crippen molar-refractivity contribution in [3.8, 4) is 11.4 Å². The van der Waals surface area contributed by atoms with E-state index in [4.69, 9.17) is 14.5 Å². The van der Waals surface area contributed by atoms with Crippen LogP contribution in [-0.4, -0.2) is 52.9 Å². The van der Waals surface area contributed by atoms with Gasteiger partial charge in [-0.1, -0.05) is 13.0 Å². The van der Waals surface area contributed by atoms with E-state index < -0.39 is 30.0 Å². The summed E-state index contributed by atoms with van der Waals surface area (Å²) in [5.74, 6) is -0.782. The van der Waals surface area contributed by atoms with Gasteiger partial charge < -0.3 is 19.5 Å². The van der Waals surface area contributed by atoms with Gasteiger partial charge in [0.05, 0.1) is 29.1 Å². The molecule has 4 heterocycles. The fourth-order valence-electron chi connectivity index (χ4n) is 4.85. The zero-order valence-corrected chi connectivity index (χ0v) is 19.3. The summed E-state index contributed by atoms with van der Waals surface area (Å²) < 4.78 is 25.4. The normalized spacial score (nSPS) is 20.9. The minimum absolute atomic E-state index is 0.0518. The van der Waals surface area contributed by atoms with E-state index in [-0.39, 0.29) is 30.8 Å². The highest BCUT2D eigenvalue weighted by molar-refractivity contribution is 5.87. The number of hydrogen-bond acceptors (Lipinski definition) is 7. The highest BCUT2D eigenvalue weighted by atomic mass is 19.1. The Morgan fingerprint density at radius 1 is 1.29 bits per heavy atom. The molecule has 2 aliphatic rings. The SMILES string of the molecule is CC[C@@]1(O)C(=O)OCc2c1cc1n(c2=O)[C@@H](OCCF)c2cc3cc(CN(C)C)ccc3nc2-1. The van der Waals surface area contributed by atoms with Gasteiger partial charge in [0, 0.05) is 23.1 Å². The zero-order valence-electron chi connectivity index (χ0n) is 19.3. The van der Waals surface area contributed by atoms with Gasteiger partial charge in [0.25, 0.3) is 5.56 Å². The molecule has 2 aliphatic heterocycles. The van der Waals surface area contributed by atoms with Crippen molar-refractivity contribution in [2.75, 3.05) is 27.4 Å². The summed E-state index contributed by atoms with van der Waals surface area (Å²) in [5.41, 5.74) is 1.44. The van der Waals surface area contributed by atoms with E-state index >= 15 is 0 Å². The first-order valence-electron chi connectivity index (χ1n) is 11.2. The van der Waals surface area contributed by atoms with Crippen molar-refractivity contribution in [3.63, 3.8) is 0 Å². The summed E-state index contributed by atoms with van der Waals surface area (Å²) in [4.78, 5) is 32.8. The van der Waals surface area contributed by atoms with E-state index in [1.807, 2.05) is 38.4 Å². The van der Waals surface area contributed by atoms with Crippen LogP contribution in [0, 0.1) is 0 Å². The molecule has 0 unspecified atom stereocenters. The van der Waals surface area contributed by atoms with E-state index in [1.54, 1.807) is 13.0 Å². The largest absolute Gasteiger partial charge is 0.458 e. The van der Waals surface area contributed by atoms with Gasteiger partial charge in [-0.15, -0.1) is 0 Å². The lowest BCUT2D eigenvalue weighted by Crippen LogP contribution is -2.44. The molecule has 0 spiro atoms. The highest BCUT2D eigenvalue weighted by Crippen LogP contribution is 2.43. The number of benzene rings is 1. The van der Waals surface area contributed by atoms with Gasteiger partial charge in [0.15, 0.2) is 11.8 Å². The summed E-state index contributed by atoms with van der Waals surface area (Å²) in [6.45, 7) is 1.26. The van der Waals surface area contributed by atoms with E-state index in [2.05, 4.69) is 4.90 Å². The Morgan fingerprint density at radius 2 is 2.09 bits per heavy atom. The molecule has 5 rings (SSSR count). The van der Waals surface area contributed by atoms with Crippen LogP contribution in [0.5, 0.6) is 0 Å². The number of ether oxygens (including phenoxy) is 2. The number of rotatable bonds is 6. The maximum Gasteiger partial charge on any atom is 0.343 e. The van der Waals surface area contributed by atoms with E-state index in [0.29, 0.717) is 17.0 Å². The average molecular weight is 467 g/mol. The summed E-state index contributed by atoms with van der Waals surface area (Å²) in [7, 11) is 3.98. The quantitative estimate of drug-likeness (QED) is 0.557. The van der Waals surface area contributed by atoms with Crippen molar-refractivity contribution < 1.29 is 23.8 Å². The number of nitrogens with zero attached hydrogens (tertiary/aromatic N) is 3. The third-order valence-electron chi connectivity index (χ3n) is 6.49. The molecule has 8 nitrogen and oxygen atoms in total. The first kappa shape index (κ1) is 22.6. The molecule has 0 aliphatic carbocycles. The Morgan fingerprint density at radius 3 is 2.79 bits per heavy atom. The lowest BCUT2D eigenvalue weighted by atomic mass is 9.86. The van der Waals surface area contributed by atoms with Crippen LogP contribution in [0.4, 0.5) is 4.39 Å². The van der Waals surface area contributed by atoms with E-state index in [1.165, 1.54) is 4.57 Å². The van der Waals surface area contributed by atoms with Crippen LogP contribution in [0.15, 0.2) is 35.1 Å². The van der Waals surface area contributed by atoms with Gasteiger partial charge in [0.2, 0.25) is 0 Å². The number of aliphatic hydroxyl groups is 1. The molecule has 1 N–H and O–H groups in total. The average Bonchev–Trinajstić information content (AvgIpc) is 3.11. The third-order valence-corrected chi connectivity index (χ3v) is 6.49. The molecular weight excluding hydrogens is 441 g/mol. The molecule has 3 aromatic rings. The molecule has 0 radical (unpaired) electrons. The predicted octanol–water partition coefficient (Wildman–Crippen LogP) is 2.63. The van der Waals surface area contributed by atoms with Crippen molar-refractivity contribution >= 4 is 16.9 Å². The van der Waals surface area contributed by atoms with Crippen LogP contribution in [0.2, 0.25) is 0 Å². The van der Waals surface area contributed by atoms with Crippen molar-refractivity contribution in [1.82, 2.24) is 14.5 Å². The van der Waals surface area contributed by atoms with Crippen LogP contribution >= 0.6 is 0 Å². The lowest BCUT2D eigenvalue weighted by molar-refractivity contribution is -0.172. The zero-order chi connectivity index (χ0) is 24.2. The number of cyclic esters (lactones) is 1. The number of esters is 1. The Hall–Kier alpha value is -3.14. The summed E-state index contributed by atoms with van der Waals surface area (Å²) >= 11 is 0. The first-order chi connectivity index (χ1) is 16.3.